The molecule has 0 bridgehead atoms. The molecule has 8 heteroatoms. The zero-order valence-electron chi connectivity index (χ0n) is 15.8. The van der Waals surface area contributed by atoms with Crippen LogP contribution in [0.15, 0.2) is 52.7 Å². The van der Waals surface area contributed by atoms with Gasteiger partial charge in [-0.15, -0.1) is 10.2 Å². The second kappa shape index (κ2) is 8.16. The molecule has 0 unspecified atom stereocenters. The molecule has 2 heterocycles. The monoisotopic (exact) mass is 410 g/mol. The van der Waals surface area contributed by atoms with E-state index in [0.717, 1.165) is 19.3 Å². The second-order valence-corrected chi connectivity index (χ2v) is 7.71. The third-order valence-electron chi connectivity index (χ3n) is 4.71. The molecule has 4 rings (SSSR count). The van der Waals surface area contributed by atoms with Gasteiger partial charge in [0.25, 0.3) is 5.91 Å². The van der Waals surface area contributed by atoms with Gasteiger partial charge in [-0.2, -0.15) is 0 Å². The molecule has 2 aliphatic rings. The van der Waals surface area contributed by atoms with E-state index in [-0.39, 0.29) is 17.4 Å². The number of aryl methyl sites for hydroxylation is 1. The zero-order valence-corrected chi connectivity index (χ0v) is 16.6. The first kappa shape index (κ1) is 19.3. The highest BCUT2D eigenvalue weighted by Crippen LogP contribution is 2.28. The summed E-state index contributed by atoms with van der Waals surface area (Å²) in [6.07, 6.45) is 3.24. The molecule has 0 aliphatic carbocycles. The summed E-state index contributed by atoms with van der Waals surface area (Å²) in [6, 6.07) is 11.8. The molecule has 0 atom stereocenters. The number of anilines is 2. The summed E-state index contributed by atoms with van der Waals surface area (Å²) in [6.45, 7) is 2.15. The van der Waals surface area contributed by atoms with Gasteiger partial charge in [-0.05, 0) is 48.7 Å². The van der Waals surface area contributed by atoms with Crippen LogP contribution >= 0.6 is 11.8 Å². The van der Waals surface area contributed by atoms with Gasteiger partial charge in [0.2, 0.25) is 5.91 Å². The van der Waals surface area contributed by atoms with Crippen molar-refractivity contribution in [2.75, 3.05) is 16.0 Å². The Bertz CT molecular complexity index is 1030. The molecule has 6 nitrogen and oxygen atoms in total. The molecule has 2 aliphatic heterocycles. The largest absolute Gasteiger partial charge is 0.320 e. The lowest BCUT2D eigenvalue weighted by atomic mass is 10.1. The van der Waals surface area contributed by atoms with Crippen molar-refractivity contribution in [1.82, 2.24) is 0 Å². The molecule has 1 saturated heterocycles. The fourth-order valence-corrected chi connectivity index (χ4v) is 4.02. The lowest BCUT2D eigenvalue weighted by Gasteiger charge is -2.15. The number of halogens is 1. The van der Waals surface area contributed by atoms with Gasteiger partial charge in [-0.3, -0.25) is 14.5 Å². The first-order valence-corrected chi connectivity index (χ1v) is 10.4. The topological polar surface area (TPSA) is 74.1 Å². The minimum Gasteiger partial charge on any atom is -0.320 e. The fourth-order valence-electron chi connectivity index (χ4n) is 3.20. The molecule has 0 saturated carbocycles. The molecule has 2 amide bonds. The van der Waals surface area contributed by atoms with E-state index in [1.807, 2.05) is 24.3 Å². The maximum absolute atomic E-state index is 13.6. The van der Waals surface area contributed by atoms with E-state index in [9.17, 15) is 14.0 Å². The Morgan fingerprint density at radius 3 is 2.69 bits per heavy atom. The van der Waals surface area contributed by atoms with Gasteiger partial charge in [0.1, 0.15) is 5.82 Å². The number of hydrogen-bond acceptors (Lipinski definition) is 5. The number of unbranched alkanes of at least 4 members (excludes halogenated alkanes) is 1. The highest BCUT2D eigenvalue weighted by molar-refractivity contribution is 8.15. The van der Waals surface area contributed by atoms with E-state index in [1.54, 1.807) is 0 Å². The summed E-state index contributed by atoms with van der Waals surface area (Å²) in [7, 11) is 0. The summed E-state index contributed by atoms with van der Waals surface area (Å²) in [5.41, 5.74) is 2.81. The number of nitrogens with one attached hydrogen (secondary N) is 1. The number of nitrogens with zero attached hydrogens (tertiary/aromatic N) is 3. The van der Waals surface area contributed by atoms with Crippen molar-refractivity contribution in [3.63, 3.8) is 0 Å². The molecule has 1 N–H and O–H groups in total. The van der Waals surface area contributed by atoms with E-state index in [2.05, 4.69) is 22.4 Å². The Hall–Kier alpha value is -3.00. The third kappa shape index (κ3) is 3.93. The maximum Gasteiger partial charge on any atom is 0.276 e. The zero-order chi connectivity index (χ0) is 20.4. The van der Waals surface area contributed by atoms with Crippen LogP contribution in [0.5, 0.6) is 0 Å². The van der Waals surface area contributed by atoms with Crippen LogP contribution in [0.4, 0.5) is 15.8 Å². The molecule has 0 spiro atoms. The van der Waals surface area contributed by atoms with Crippen molar-refractivity contribution >= 4 is 45.8 Å². The lowest BCUT2D eigenvalue weighted by Crippen LogP contribution is -2.29. The number of carbonyl (C=O) groups excluding carboxylic acids is 2. The summed E-state index contributed by atoms with van der Waals surface area (Å²) in [4.78, 5) is 26.1. The average Bonchev–Trinajstić information content (AvgIpc) is 3.24. The van der Waals surface area contributed by atoms with Gasteiger partial charge in [0.15, 0.2) is 10.9 Å². The van der Waals surface area contributed by atoms with Crippen molar-refractivity contribution in [3.8, 4) is 0 Å². The van der Waals surface area contributed by atoms with E-state index >= 15 is 0 Å². The molecular formula is C21H19FN4O2S. The first-order chi connectivity index (χ1) is 14.1. The van der Waals surface area contributed by atoms with Crippen LogP contribution in [0.3, 0.4) is 0 Å². The third-order valence-corrected chi connectivity index (χ3v) is 5.63. The van der Waals surface area contributed by atoms with Gasteiger partial charge < -0.3 is 5.32 Å². The fraction of sp³-hybridized carbons (Fsp3) is 0.238. The molecule has 148 valence electrons. The Kier molecular flexibility index (Phi) is 5.44. The highest BCUT2D eigenvalue weighted by Gasteiger charge is 2.31. The summed E-state index contributed by atoms with van der Waals surface area (Å²) < 4.78 is 13.6. The van der Waals surface area contributed by atoms with Crippen LogP contribution in [0.25, 0.3) is 0 Å². The molecule has 2 aromatic rings. The number of benzene rings is 2. The van der Waals surface area contributed by atoms with E-state index in [1.165, 1.54) is 40.4 Å². The molecular weight excluding hydrogens is 391 g/mol. The smallest absolute Gasteiger partial charge is 0.276 e. The van der Waals surface area contributed by atoms with Gasteiger partial charge in [-0.1, -0.05) is 37.2 Å². The van der Waals surface area contributed by atoms with Crippen molar-refractivity contribution in [2.45, 2.75) is 26.2 Å². The van der Waals surface area contributed by atoms with Crippen molar-refractivity contribution in [3.05, 3.63) is 59.4 Å². The second-order valence-electron chi connectivity index (χ2n) is 6.76. The molecule has 2 aromatic carbocycles. The molecule has 0 radical (unpaired) electrons. The molecule has 29 heavy (non-hydrogen) atoms. The average molecular weight is 410 g/mol. The SMILES string of the molecule is CCCCc1ccc(N2C(=O)CSC2=NN=C2C(=O)Nc3ccc(F)cc32)cc1. The van der Waals surface area contributed by atoms with Gasteiger partial charge >= 0.3 is 0 Å². The number of fused-ring (bicyclic) bond motifs is 1. The van der Waals surface area contributed by atoms with Crippen LogP contribution in [0, 0.1) is 5.82 Å². The summed E-state index contributed by atoms with van der Waals surface area (Å²) in [5, 5.41) is 11.2. The Morgan fingerprint density at radius 1 is 1.14 bits per heavy atom. The van der Waals surface area contributed by atoms with E-state index in [0.29, 0.717) is 22.1 Å². The quantitative estimate of drug-likeness (QED) is 0.758. The van der Waals surface area contributed by atoms with Crippen LogP contribution in [-0.4, -0.2) is 28.4 Å². The molecule has 1 fully saturated rings. The molecule has 0 aromatic heterocycles. The maximum atomic E-state index is 13.6. The van der Waals surface area contributed by atoms with Crippen LogP contribution in [0.2, 0.25) is 0 Å². The summed E-state index contributed by atoms with van der Waals surface area (Å²) in [5.74, 6) is -0.761. The summed E-state index contributed by atoms with van der Waals surface area (Å²) >= 11 is 1.25. The predicted molar refractivity (Wildman–Crippen MR) is 114 cm³/mol. The normalized spacial score (nSPS) is 18.6. The highest BCUT2D eigenvalue weighted by atomic mass is 32.2. The number of carbonyl (C=O) groups is 2. The van der Waals surface area contributed by atoms with Crippen molar-refractivity contribution in [1.29, 1.82) is 0 Å². The predicted octanol–water partition coefficient (Wildman–Crippen LogP) is 3.96. The van der Waals surface area contributed by atoms with Crippen LogP contribution in [-0.2, 0) is 16.0 Å². The van der Waals surface area contributed by atoms with Crippen molar-refractivity contribution in [2.24, 2.45) is 10.2 Å². The Morgan fingerprint density at radius 2 is 1.93 bits per heavy atom. The first-order valence-electron chi connectivity index (χ1n) is 9.38. The van der Waals surface area contributed by atoms with E-state index < -0.39 is 11.7 Å². The number of thioether (sulfide) groups is 1. The van der Waals surface area contributed by atoms with Gasteiger partial charge in [-0.25, -0.2) is 4.39 Å². The number of rotatable bonds is 5. The van der Waals surface area contributed by atoms with Crippen LogP contribution < -0.4 is 10.2 Å². The number of amidine groups is 1. The van der Waals surface area contributed by atoms with Gasteiger partial charge in [0.05, 0.1) is 17.1 Å². The number of amides is 2. The Labute approximate surface area is 171 Å². The lowest BCUT2D eigenvalue weighted by molar-refractivity contribution is -0.115. The minimum atomic E-state index is -0.462. The number of hydrogen-bond donors (Lipinski definition) is 1. The minimum absolute atomic E-state index is 0.0295. The van der Waals surface area contributed by atoms with E-state index in [4.69, 9.17) is 0 Å². The standard InChI is InChI=1S/C21H19FN4O2S/c1-2-3-4-13-5-8-15(9-6-13)26-18(27)12-29-21(26)25-24-19-16-11-14(22)7-10-17(16)23-20(19)28/h5-11H,2-4,12H2,1H3,(H,23,24,28). The van der Waals surface area contributed by atoms with Crippen LogP contribution in [0.1, 0.15) is 30.9 Å². The van der Waals surface area contributed by atoms with Crippen molar-refractivity contribution < 1.29 is 14.0 Å². The van der Waals surface area contributed by atoms with Gasteiger partial charge in [0, 0.05) is 5.56 Å². The Balaban J connectivity index is 1.62.